The normalized spacial score (nSPS) is 14.4. The van der Waals surface area contributed by atoms with Gasteiger partial charge in [-0.05, 0) is 117 Å². The second-order valence-corrected chi connectivity index (χ2v) is 15.1. The molecule has 8 rings (SSSR count). The highest BCUT2D eigenvalue weighted by molar-refractivity contribution is 6.23. The molecule has 0 unspecified atom stereocenters. The number of amides is 1. The first kappa shape index (κ1) is 37.3. The number of rotatable bonds is 14. The fourth-order valence-corrected chi connectivity index (χ4v) is 8.67. The Morgan fingerprint density at radius 1 is 0.643 bits per heavy atom. The van der Waals surface area contributed by atoms with Crippen molar-refractivity contribution in [2.45, 2.75) is 37.7 Å². The largest absolute Gasteiger partial charge is 0.497 e. The SMILES string of the molecule is COc1ccc(C(OCC2(CO)CCN(C(=O)CCCc3ccc4ccc5cccc6ccc3c4c56)CC2)(c2ccc(OC)cc2)c2ccc(OC)cc2)cc1. The average molecular weight is 748 g/mol. The lowest BCUT2D eigenvalue weighted by Gasteiger charge is -2.44. The molecule has 1 aliphatic heterocycles. The van der Waals surface area contributed by atoms with E-state index in [9.17, 15) is 9.90 Å². The molecule has 1 aliphatic rings. The highest BCUT2D eigenvalue weighted by Gasteiger charge is 2.43. The topological polar surface area (TPSA) is 77.5 Å². The van der Waals surface area contributed by atoms with Gasteiger partial charge in [0.25, 0.3) is 0 Å². The van der Waals surface area contributed by atoms with Crippen LogP contribution in [0.3, 0.4) is 0 Å². The summed E-state index contributed by atoms with van der Waals surface area (Å²) in [5.41, 5.74) is 2.46. The van der Waals surface area contributed by atoms with E-state index in [4.69, 9.17) is 18.9 Å². The summed E-state index contributed by atoms with van der Waals surface area (Å²) >= 11 is 0. The number of aliphatic hydroxyl groups is 1. The summed E-state index contributed by atoms with van der Waals surface area (Å²) < 4.78 is 23.8. The number of aryl methyl sites for hydroxylation is 1. The van der Waals surface area contributed by atoms with Gasteiger partial charge in [-0.2, -0.15) is 0 Å². The Labute approximate surface area is 328 Å². The summed E-state index contributed by atoms with van der Waals surface area (Å²) in [4.78, 5) is 15.6. The molecule has 56 heavy (non-hydrogen) atoms. The maximum absolute atomic E-state index is 13.7. The molecule has 7 nitrogen and oxygen atoms in total. The molecule has 0 aliphatic carbocycles. The third-order valence-electron chi connectivity index (χ3n) is 12.1. The summed E-state index contributed by atoms with van der Waals surface area (Å²) in [5, 5.41) is 18.7. The zero-order chi connectivity index (χ0) is 38.7. The van der Waals surface area contributed by atoms with E-state index in [0.29, 0.717) is 32.4 Å². The van der Waals surface area contributed by atoms with Crippen molar-refractivity contribution >= 4 is 38.2 Å². The van der Waals surface area contributed by atoms with Crippen molar-refractivity contribution in [2.24, 2.45) is 5.41 Å². The van der Waals surface area contributed by atoms with Crippen LogP contribution in [0.2, 0.25) is 0 Å². The molecule has 1 N–H and O–H groups in total. The van der Waals surface area contributed by atoms with Gasteiger partial charge in [0.1, 0.15) is 22.8 Å². The summed E-state index contributed by atoms with van der Waals surface area (Å²) in [7, 11) is 4.96. The zero-order valence-electron chi connectivity index (χ0n) is 32.4. The number of carbonyl (C=O) groups excluding carboxylic acids is 1. The van der Waals surface area contributed by atoms with Gasteiger partial charge in [0, 0.05) is 24.9 Å². The Kier molecular flexibility index (Phi) is 10.6. The fourth-order valence-electron chi connectivity index (χ4n) is 8.67. The van der Waals surface area contributed by atoms with Gasteiger partial charge in [0.05, 0.1) is 34.5 Å². The van der Waals surface area contributed by atoms with E-state index < -0.39 is 11.0 Å². The van der Waals surface area contributed by atoms with E-state index in [1.807, 2.05) is 77.7 Å². The molecule has 7 aromatic carbocycles. The van der Waals surface area contributed by atoms with Crippen LogP contribution in [0.25, 0.3) is 32.3 Å². The molecule has 286 valence electrons. The number of aliphatic hydroxyl groups excluding tert-OH is 1. The van der Waals surface area contributed by atoms with Crippen molar-refractivity contribution in [1.29, 1.82) is 0 Å². The van der Waals surface area contributed by atoms with Crippen LogP contribution in [0.4, 0.5) is 0 Å². The molecule has 7 aromatic rings. The number of likely N-dealkylation sites (tertiary alicyclic amines) is 1. The molecule has 1 fully saturated rings. The van der Waals surface area contributed by atoms with Gasteiger partial charge in [-0.3, -0.25) is 4.79 Å². The quantitative estimate of drug-likeness (QED) is 0.0883. The predicted molar refractivity (Wildman–Crippen MR) is 223 cm³/mol. The molecule has 0 saturated carbocycles. The van der Waals surface area contributed by atoms with Gasteiger partial charge in [-0.15, -0.1) is 0 Å². The Bertz CT molecular complexity index is 2280. The van der Waals surface area contributed by atoms with Crippen LogP contribution < -0.4 is 14.2 Å². The molecule has 7 heteroatoms. The van der Waals surface area contributed by atoms with Crippen LogP contribution in [0.1, 0.15) is 47.9 Å². The third-order valence-corrected chi connectivity index (χ3v) is 12.1. The van der Waals surface area contributed by atoms with Gasteiger partial charge >= 0.3 is 0 Å². The van der Waals surface area contributed by atoms with Crippen molar-refractivity contribution in [3.8, 4) is 17.2 Å². The standard InChI is InChI=1S/C49H49NO6/c1-53-41-21-15-38(16-22-41)49(39-17-23-42(54-2)24-18-39,40-19-25-43(55-3)26-20-40)56-33-48(32-51)28-30-50(31-29-48)45(52)9-5-6-34-10-11-37-13-12-35-7-4-8-36-14-27-44(34)47(37)46(35)36/h4,7-8,10-27,51H,5-6,9,28-33H2,1-3H3. The van der Waals surface area contributed by atoms with E-state index in [1.54, 1.807) is 21.3 Å². The summed E-state index contributed by atoms with van der Waals surface area (Å²) in [6.07, 6.45) is 3.37. The molecular weight excluding hydrogens is 699 g/mol. The highest BCUT2D eigenvalue weighted by atomic mass is 16.5. The van der Waals surface area contributed by atoms with Gasteiger partial charge in [-0.1, -0.05) is 91.0 Å². The van der Waals surface area contributed by atoms with E-state index in [1.165, 1.54) is 37.9 Å². The van der Waals surface area contributed by atoms with Gasteiger partial charge in [-0.25, -0.2) is 0 Å². The molecule has 1 amide bonds. The minimum Gasteiger partial charge on any atom is -0.497 e. The second-order valence-electron chi connectivity index (χ2n) is 15.1. The van der Waals surface area contributed by atoms with Crippen LogP contribution in [-0.4, -0.2) is 63.5 Å². The Morgan fingerprint density at radius 3 is 1.62 bits per heavy atom. The van der Waals surface area contributed by atoms with Gasteiger partial charge in [0.15, 0.2) is 0 Å². The maximum atomic E-state index is 13.7. The van der Waals surface area contributed by atoms with Crippen LogP contribution in [-0.2, 0) is 21.6 Å². The molecule has 0 bridgehead atoms. The average Bonchev–Trinajstić information content (AvgIpc) is 3.26. The van der Waals surface area contributed by atoms with Gasteiger partial charge < -0.3 is 29.0 Å². The highest BCUT2D eigenvalue weighted by Crippen LogP contribution is 2.45. The molecule has 1 heterocycles. The van der Waals surface area contributed by atoms with Crippen LogP contribution in [0.5, 0.6) is 17.2 Å². The number of nitrogens with zero attached hydrogens (tertiary/aromatic N) is 1. The van der Waals surface area contributed by atoms with Crippen molar-refractivity contribution in [1.82, 2.24) is 4.90 Å². The van der Waals surface area contributed by atoms with Crippen LogP contribution >= 0.6 is 0 Å². The first-order valence-corrected chi connectivity index (χ1v) is 19.5. The number of piperidine rings is 1. The van der Waals surface area contributed by atoms with Crippen LogP contribution in [0, 0.1) is 5.41 Å². The fraction of sp³-hybridized carbons (Fsp3) is 0.286. The van der Waals surface area contributed by atoms with Crippen molar-refractivity contribution in [3.63, 3.8) is 0 Å². The third kappa shape index (κ3) is 6.91. The smallest absolute Gasteiger partial charge is 0.222 e. The minimum absolute atomic E-state index is 0.0480. The summed E-state index contributed by atoms with van der Waals surface area (Å²) in [6.45, 7) is 1.38. The van der Waals surface area contributed by atoms with Crippen molar-refractivity contribution in [2.75, 3.05) is 47.6 Å². The zero-order valence-corrected chi connectivity index (χ0v) is 32.4. The van der Waals surface area contributed by atoms with Crippen LogP contribution in [0.15, 0.2) is 127 Å². The molecule has 0 spiro atoms. The number of hydrogen-bond acceptors (Lipinski definition) is 6. The summed E-state index contributed by atoms with van der Waals surface area (Å²) in [6, 6.07) is 43.6. The number of ether oxygens (including phenoxy) is 4. The van der Waals surface area contributed by atoms with E-state index in [2.05, 4.69) is 54.6 Å². The second kappa shape index (κ2) is 15.8. The number of methoxy groups -OCH3 is 3. The van der Waals surface area contributed by atoms with E-state index in [0.717, 1.165) is 46.8 Å². The first-order chi connectivity index (χ1) is 27.4. The lowest BCUT2D eigenvalue weighted by atomic mass is 9.77. The van der Waals surface area contributed by atoms with Crippen molar-refractivity contribution < 1.29 is 28.8 Å². The van der Waals surface area contributed by atoms with E-state index in [-0.39, 0.29) is 19.1 Å². The lowest BCUT2D eigenvalue weighted by molar-refractivity contribution is -0.137. The molecule has 1 saturated heterocycles. The molecular formula is C49H49NO6. The molecule has 0 aromatic heterocycles. The Balaban J connectivity index is 0.990. The van der Waals surface area contributed by atoms with E-state index >= 15 is 0 Å². The monoisotopic (exact) mass is 747 g/mol. The molecule has 0 radical (unpaired) electrons. The maximum Gasteiger partial charge on any atom is 0.222 e. The van der Waals surface area contributed by atoms with Crippen molar-refractivity contribution in [3.05, 3.63) is 150 Å². The summed E-state index contributed by atoms with van der Waals surface area (Å²) in [5.74, 6) is 2.39. The molecule has 0 atom stereocenters. The number of hydrogen-bond donors (Lipinski definition) is 1. The number of benzene rings is 7. The predicted octanol–water partition coefficient (Wildman–Crippen LogP) is 9.54. The number of carbonyl (C=O) groups is 1. The Hall–Kier alpha value is -5.63. The first-order valence-electron chi connectivity index (χ1n) is 19.5. The Morgan fingerprint density at radius 2 is 1.12 bits per heavy atom. The minimum atomic E-state index is -1.04. The lowest BCUT2D eigenvalue weighted by Crippen LogP contribution is -2.48. The van der Waals surface area contributed by atoms with Gasteiger partial charge in [0.2, 0.25) is 5.91 Å².